The molecule has 0 aliphatic heterocycles. The van der Waals surface area contributed by atoms with Gasteiger partial charge in [-0.05, 0) is 39.2 Å². The van der Waals surface area contributed by atoms with Crippen molar-refractivity contribution in [1.29, 1.82) is 0 Å². The minimum Gasteiger partial charge on any atom is -0.299 e. The maximum absolute atomic E-state index is 12.2. The number of Topliss-reactive ketones (excluding diaryl/α,β-unsaturated/α-hetero) is 2. The maximum Gasteiger partial charge on any atom is 0.283 e. The van der Waals surface area contributed by atoms with Crippen LogP contribution in [0.3, 0.4) is 0 Å². The lowest BCUT2D eigenvalue weighted by molar-refractivity contribution is -0.127. The summed E-state index contributed by atoms with van der Waals surface area (Å²) in [5.74, 6) is -1.97. The molecular weight excluding hydrogens is 310 g/mol. The number of benzene rings is 1. The summed E-state index contributed by atoms with van der Waals surface area (Å²) in [5.41, 5.74) is 0.924. The summed E-state index contributed by atoms with van der Waals surface area (Å²) in [5, 5.41) is -0.00410. The summed E-state index contributed by atoms with van der Waals surface area (Å²) in [6.07, 6.45) is 1.59. The van der Waals surface area contributed by atoms with Gasteiger partial charge in [0.2, 0.25) is 0 Å². The molecule has 0 amide bonds. The van der Waals surface area contributed by atoms with Gasteiger partial charge in [-0.1, -0.05) is 17.7 Å². The van der Waals surface area contributed by atoms with Crippen LogP contribution in [0.2, 0.25) is 0 Å². The van der Waals surface area contributed by atoms with Gasteiger partial charge in [0, 0.05) is 0 Å². The van der Waals surface area contributed by atoms with Gasteiger partial charge in [-0.3, -0.25) is 9.59 Å². The van der Waals surface area contributed by atoms with Gasteiger partial charge in [0.15, 0.2) is 0 Å². The largest absolute Gasteiger partial charge is 0.299 e. The van der Waals surface area contributed by atoms with Crippen LogP contribution in [0.25, 0.3) is 0 Å². The van der Waals surface area contributed by atoms with Gasteiger partial charge in [0.1, 0.15) is 22.5 Å². The van der Waals surface area contributed by atoms with Crippen molar-refractivity contribution in [2.45, 2.75) is 25.7 Å². The first-order valence-electron chi connectivity index (χ1n) is 6.15. The zero-order chi connectivity index (χ0) is 16.2. The zero-order valence-corrected chi connectivity index (χ0v) is 13.9. The van der Waals surface area contributed by atoms with E-state index in [4.69, 9.17) is 0 Å². The molecule has 21 heavy (non-hydrogen) atoms. The van der Waals surface area contributed by atoms with Gasteiger partial charge in [0.05, 0.1) is 4.90 Å². The Balaban J connectivity index is 3.31. The van der Waals surface area contributed by atoms with E-state index in [9.17, 15) is 18.0 Å². The van der Waals surface area contributed by atoms with Crippen molar-refractivity contribution in [2.24, 2.45) is 10.3 Å². The van der Waals surface area contributed by atoms with Crippen LogP contribution >= 0.6 is 11.8 Å². The minimum absolute atomic E-state index is 0.00410. The molecule has 0 radical (unpaired) electrons. The van der Waals surface area contributed by atoms with Gasteiger partial charge in [-0.2, -0.15) is 12.8 Å². The summed E-state index contributed by atoms with van der Waals surface area (Å²) in [6, 6.07) is 6.22. The van der Waals surface area contributed by atoms with Crippen LogP contribution in [0, 0.1) is 12.8 Å². The number of aryl methyl sites for hydroxylation is 1. The van der Waals surface area contributed by atoms with Crippen molar-refractivity contribution in [3.8, 4) is 0 Å². The van der Waals surface area contributed by atoms with Crippen molar-refractivity contribution in [2.75, 3.05) is 6.26 Å². The predicted molar refractivity (Wildman–Crippen MR) is 84.2 cm³/mol. The number of carbonyl (C=O) groups excluding carboxylic acids is 2. The third-order valence-corrected chi connectivity index (χ3v) is 4.96. The van der Waals surface area contributed by atoms with Gasteiger partial charge < -0.3 is 0 Å². The van der Waals surface area contributed by atoms with Crippen LogP contribution < -0.4 is 0 Å². The van der Waals surface area contributed by atoms with E-state index in [0.717, 1.165) is 17.3 Å². The molecule has 0 unspecified atom stereocenters. The van der Waals surface area contributed by atoms with Crippen LogP contribution in [0.15, 0.2) is 33.6 Å². The standard InChI is InChI=1S/C14H17NO4S2/c1-9-5-7-12(8-6-9)21(18,19)15-14(20-4)13(10(2)16)11(3)17/h5-8,13H,1-4H3. The predicted octanol–water partition coefficient (Wildman–Crippen LogP) is 2.24. The summed E-state index contributed by atoms with van der Waals surface area (Å²) in [6.45, 7) is 4.33. The molecule has 0 bridgehead atoms. The third kappa shape index (κ3) is 4.50. The number of ketones is 2. The molecule has 0 saturated carbocycles. The first-order chi connectivity index (χ1) is 9.69. The number of hydrogen-bond acceptors (Lipinski definition) is 5. The quantitative estimate of drug-likeness (QED) is 0.471. The highest BCUT2D eigenvalue weighted by Gasteiger charge is 2.27. The van der Waals surface area contributed by atoms with E-state index in [1.54, 1.807) is 18.4 Å². The van der Waals surface area contributed by atoms with E-state index >= 15 is 0 Å². The van der Waals surface area contributed by atoms with Crippen LogP contribution in [0.4, 0.5) is 0 Å². The van der Waals surface area contributed by atoms with Crippen LogP contribution in [0.5, 0.6) is 0 Å². The highest BCUT2D eigenvalue weighted by Crippen LogP contribution is 2.19. The lowest BCUT2D eigenvalue weighted by Gasteiger charge is -2.11. The molecule has 0 spiro atoms. The molecule has 0 heterocycles. The monoisotopic (exact) mass is 327 g/mol. The molecule has 0 saturated heterocycles. The molecule has 0 aliphatic carbocycles. The molecule has 0 aromatic heterocycles. The van der Waals surface area contributed by atoms with E-state index in [-0.39, 0.29) is 9.94 Å². The lowest BCUT2D eigenvalue weighted by Crippen LogP contribution is -2.27. The normalized spacial score (nSPS) is 12.5. The van der Waals surface area contributed by atoms with Crippen LogP contribution in [-0.2, 0) is 19.6 Å². The van der Waals surface area contributed by atoms with E-state index in [1.165, 1.54) is 26.0 Å². The van der Waals surface area contributed by atoms with Crippen LogP contribution in [-0.4, -0.2) is 31.3 Å². The summed E-state index contributed by atoms with van der Waals surface area (Å²) in [7, 11) is -3.94. The second-order valence-electron chi connectivity index (χ2n) is 4.58. The average molecular weight is 327 g/mol. The summed E-state index contributed by atoms with van der Waals surface area (Å²) >= 11 is 0.989. The Kier molecular flexibility index (Phi) is 5.86. The van der Waals surface area contributed by atoms with Crippen molar-refractivity contribution >= 4 is 38.4 Å². The highest BCUT2D eigenvalue weighted by atomic mass is 32.2. The highest BCUT2D eigenvalue weighted by molar-refractivity contribution is 8.14. The Hall–Kier alpha value is -1.47. The fourth-order valence-electron chi connectivity index (χ4n) is 1.72. The van der Waals surface area contributed by atoms with E-state index < -0.39 is 27.5 Å². The average Bonchev–Trinajstić information content (AvgIpc) is 2.37. The van der Waals surface area contributed by atoms with Crippen molar-refractivity contribution in [3.05, 3.63) is 29.8 Å². The van der Waals surface area contributed by atoms with E-state index in [1.807, 2.05) is 6.92 Å². The molecule has 0 atom stereocenters. The number of carbonyl (C=O) groups is 2. The molecule has 7 heteroatoms. The molecular formula is C14H17NO4S2. The Morgan fingerprint density at radius 3 is 1.95 bits per heavy atom. The number of sulfonamides is 1. The SMILES string of the molecule is CSC(=NS(=O)(=O)c1ccc(C)cc1)C(C(C)=O)C(C)=O. The Morgan fingerprint density at radius 2 is 1.57 bits per heavy atom. The Bertz CT molecular complexity index is 661. The molecule has 114 valence electrons. The van der Waals surface area contributed by atoms with Gasteiger partial charge in [-0.25, -0.2) is 0 Å². The molecule has 5 nitrogen and oxygen atoms in total. The smallest absolute Gasteiger partial charge is 0.283 e. The number of thioether (sulfide) groups is 1. The Morgan fingerprint density at radius 1 is 1.10 bits per heavy atom. The zero-order valence-electron chi connectivity index (χ0n) is 12.3. The van der Waals surface area contributed by atoms with Crippen molar-refractivity contribution in [3.63, 3.8) is 0 Å². The lowest BCUT2D eigenvalue weighted by atomic mass is 10.0. The minimum atomic E-state index is -3.94. The van der Waals surface area contributed by atoms with E-state index in [2.05, 4.69) is 4.40 Å². The molecule has 1 rings (SSSR count). The fraction of sp³-hybridized carbons (Fsp3) is 0.357. The van der Waals surface area contributed by atoms with Gasteiger partial charge >= 0.3 is 0 Å². The number of nitrogens with zero attached hydrogens (tertiary/aromatic N) is 1. The van der Waals surface area contributed by atoms with Crippen molar-refractivity contribution < 1.29 is 18.0 Å². The molecule has 0 fully saturated rings. The van der Waals surface area contributed by atoms with Gasteiger partial charge in [0.25, 0.3) is 10.0 Å². The second-order valence-corrected chi connectivity index (χ2v) is 7.01. The topological polar surface area (TPSA) is 80.6 Å². The number of hydrogen-bond donors (Lipinski definition) is 0. The van der Waals surface area contributed by atoms with E-state index in [0.29, 0.717) is 0 Å². The summed E-state index contributed by atoms with van der Waals surface area (Å²) in [4.78, 5) is 23.1. The Labute approximate surface area is 128 Å². The summed E-state index contributed by atoms with van der Waals surface area (Å²) < 4.78 is 28.2. The first-order valence-corrected chi connectivity index (χ1v) is 8.82. The number of rotatable bonds is 5. The maximum atomic E-state index is 12.2. The first kappa shape index (κ1) is 17.6. The third-order valence-electron chi connectivity index (χ3n) is 2.80. The molecule has 1 aromatic rings. The molecule has 0 aliphatic rings. The van der Waals surface area contributed by atoms with Crippen LogP contribution in [0.1, 0.15) is 19.4 Å². The van der Waals surface area contributed by atoms with Crippen molar-refractivity contribution in [1.82, 2.24) is 0 Å². The van der Waals surface area contributed by atoms with Gasteiger partial charge in [-0.15, -0.1) is 11.8 Å². The fourth-order valence-corrected chi connectivity index (χ4v) is 3.81. The molecule has 0 N–H and O–H groups in total. The second kappa shape index (κ2) is 7.00. The molecule has 1 aromatic carbocycles.